The molecule has 8 heteroatoms. The lowest BCUT2D eigenvalue weighted by Gasteiger charge is -2.26. The highest BCUT2D eigenvalue weighted by molar-refractivity contribution is 7.17. The predicted octanol–water partition coefficient (Wildman–Crippen LogP) is 5.34. The number of aromatic amines is 1. The van der Waals surface area contributed by atoms with Crippen molar-refractivity contribution in [2.24, 2.45) is 5.92 Å². The van der Waals surface area contributed by atoms with Gasteiger partial charge < -0.3 is 14.8 Å². The summed E-state index contributed by atoms with van der Waals surface area (Å²) in [5, 5.41) is 13.8. The van der Waals surface area contributed by atoms with Crippen molar-refractivity contribution in [3.63, 3.8) is 0 Å². The number of aliphatic hydroxyl groups excluding tert-OH is 1. The molecule has 4 rings (SSSR count). The van der Waals surface area contributed by atoms with E-state index in [2.05, 4.69) is 23.7 Å². The van der Waals surface area contributed by atoms with E-state index in [-0.39, 0.29) is 12.2 Å². The fraction of sp³-hybridized carbons (Fsp3) is 0.333. The third-order valence-corrected chi connectivity index (χ3v) is 6.66. The molecule has 0 aliphatic carbocycles. The second-order valence-corrected chi connectivity index (χ2v) is 10.4. The standard InChI is InChI=1S/C27H30ClN3O3S/c1-18(2)12-31(13-22(32)16-34-15-19-6-4-3-5-7-19)14-24-29-26(33)25-23(17-35-27(25)30-24)20-8-10-21(28)11-9-20/h3-11,17-18,22,32H,12-16H2,1-2H3,(H,29,30,33). The molecule has 0 saturated carbocycles. The average Bonchev–Trinajstić information content (AvgIpc) is 3.24. The highest BCUT2D eigenvalue weighted by atomic mass is 35.5. The number of fused-ring (bicyclic) bond motifs is 1. The molecule has 1 atom stereocenters. The molecule has 2 aromatic heterocycles. The molecule has 6 nitrogen and oxygen atoms in total. The Morgan fingerprint density at radius 1 is 1.11 bits per heavy atom. The predicted molar refractivity (Wildman–Crippen MR) is 143 cm³/mol. The fourth-order valence-electron chi connectivity index (χ4n) is 4.08. The zero-order valence-corrected chi connectivity index (χ0v) is 21.5. The van der Waals surface area contributed by atoms with E-state index in [4.69, 9.17) is 21.3 Å². The van der Waals surface area contributed by atoms with Crippen molar-refractivity contribution in [1.29, 1.82) is 0 Å². The molecule has 35 heavy (non-hydrogen) atoms. The van der Waals surface area contributed by atoms with Crippen LogP contribution in [-0.4, -0.2) is 45.8 Å². The summed E-state index contributed by atoms with van der Waals surface area (Å²) < 4.78 is 5.71. The van der Waals surface area contributed by atoms with E-state index >= 15 is 0 Å². The van der Waals surface area contributed by atoms with Crippen LogP contribution in [0.5, 0.6) is 0 Å². The van der Waals surface area contributed by atoms with Gasteiger partial charge in [0.15, 0.2) is 0 Å². The maximum atomic E-state index is 13.0. The Kier molecular flexibility index (Phi) is 8.70. The molecular formula is C27H30ClN3O3S. The van der Waals surface area contributed by atoms with E-state index < -0.39 is 6.10 Å². The smallest absolute Gasteiger partial charge is 0.260 e. The van der Waals surface area contributed by atoms with Crippen molar-refractivity contribution in [2.75, 3.05) is 19.7 Å². The number of hydrogen-bond donors (Lipinski definition) is 2. The minimum atomic E-state index is -0.647. The van der Waals surface area contributed by atoms with Crippen molar-refractivity contribution >= 4 is 33.2 Å². The minimum Gasteiger partial charge on any atom is -0.389 e. The van der Waals surface area contributed by atoms with Gasteiger partial charge in [-0.25, -0.2) is 4.98 Å². The molecule has 2 heterocycles. The van der Waals surface area contributed by atoms with Crippen LogP contribution in [0.3, 0.4) is 0 Å². The van der Waals surface area contributed by atoms with E-state index in [1.54, 1.807) is 0 Å². The number of halogens is 1. The van der Waals surface area contributed by atoms with Gasteiger partial charge in [-0.3, -0.25) is 9.69 Å². The number of hydrogen-bond acceptors (Lipinski definition) is 6. The number of nitrogens with zero attached hydrogens (tertiary/aromatic N) is 2. The molecule has 0 radical (unpaired) electrons. The van der Waals surface area contributed by atoms with Gasteiger partial charge in [-0.05, 0) is 29.2 Å². The lowest BCUT2D eigenvalue weighted by molar-refractivity contribution is 0.00639. The molecule has 184 valence electrons. The fourth-order valence-corrected chi connectivity index (χ4v) is 5.17. The summed E-state index contributed by atoms with van der Waals surface area (Å²) in [6.45, 7) is 6.58. The van der Waals surface area contributed by atoms with Crippen LogP contribution in [0.15, 0.2) is 64.8 Å². The first-order valence-electron chi connectivity index (χ1n) is 11.7. The molecule has 0 spiro atoms. The summed E-state index contributed by atoms with van der Waals surface area (Å²) in [5.74, 6) is 0.978. The van der Waals surface area contributed by atoms with Crippen molar-refractivity contribution in [1.82, 2.24) is 14.9 Å². The number of H-pyrrole nitrogens is 1. The van der Waals surface area contributed by atoms with E-state index in [0.717, 1.165) is 23.2 Å². The van der Waals surface area contributed by atoms with Gasteiger partial charge in [0.2, 0.25) is 0 Å². The van der Waals surface area contributed by atoms with Gasteiger partial charge in [0.05, 0.1) is 31.2 Å². The summed E-state index contributed by atoms with van der Waals surface area (Å²) in [6, 6.07) is 17.3. The number of nitrogens with one attached hydrogen (secondary N) is 1. The van der Waals surface area contributed by atoms with Crippen LogP contribution in [0.2, 0.25) is 5.02 Å². The molecule has 0 aliphatic rings. The number of aromatic nitrogens is 2. The normalized spacial score (nSPS) is 12.6. The second kappa shape index (κ2) is 11.9. The summed E-state index contributed by atoms with van der Waals surface area (Å²) >= 11 is 7.46. The van der Waals surface area contributed by atoms with Crippen LogP contribution < -0.4 is 5.56 Å². The quantitative estimate of drug-likeness (QED) is 0.284. The van der Waals surface area contributed by atoms with Crippen LogP contribution in [-0.2, 0) is 17.9 Å². The van der Waals surface area contributed by atoms with E-state index in [9.17, 15) is 9.90 Å². The largest absolute Gasteiger partial charge is 0.389 e. The number of thiophene rings is 1. The zero-order valence-electron chi connectivity index (χ0n) is 19.9. The third kappa shape index (κ3) is 6.99. The monoisotopic (exact) mass is 511 g/mol. The van der Waals surface area contributed by atoms with Gasteiger partial charge in [-0.2, -0.15) is 0 Å². The molecule has 4 aromatic rings. The SMILES string of the molecule is CC(C)CN(Cc1nc2scc(-c3ccc(Cl)cc3)c2c(=O)[nH]1)CC(O)COCc1ccccc1. The van der Waals surface area contributed by atoms with Crippen LogP contribution in [0.4, 0.5) is 0 Å². The Morgan fingerprint density at radius 2 is 1.86 bits per heavy atom. The molecular weight excluding hydrogens is 482 g/mol. The number of benzene rings is 2. The molecule has 0 fully saturated rings. The average molecular weight is 512 g/mol. The number of aliphatic hydroxyl groups is 1. The number of rotatable bonds is 11. The Labute approximate surface area is 214 Å². The van der Waals surface area contributed by atoms with Gasteiger partial charge in [-0.15, -0.1) is 11.3 Å². The Hall–Kier alpha value is -2.55. The first-order valence-corrected chi connectivity index (χ1v) is 12.9. The highest BCUT2D eigenvalue weighted by Crippen LogP contribution is 2.31. The molecule has 1 unspecified atom stereocenters. The molecule has 2 N–H and O–H groups in total. The minimum absolute atomic E-state index is 0.160. The summed E-state index contributed by atoms with van der Waals surface area (Å²) in [4.78, 5) is 23.5. The van der Waals surface area contributed by atoms with Gasteiger partial charge >= 0.3 is 0 Å². The van der Waals surface area contributed by atoms with Crippen LogP contribution in [0.1, 0.15) is 25.2 Å². The summed E-state index contributed by atoms with van der Waals surface area (Å²) in [5.41, 5.74) is 2.70. The van der Waals surface area contributed by atoms with Crippen LogP contribution in [0, 0.1) is 5.92 Å². The lowest BCUT2D eigenvalue weighted by atomic mass is 10.1. The number of ether oxygens (including phenoxy) is 1. The first kappa shape index (κ1) is 25.5. The van der Waals surface area contributed by atoms with Crippen molar-refractivity contribution in [3.8, 4) is 11.1 Å². The van der Waals surface area contributed by atoms with Crippen molar-refractivity contribution < 1.29 is 9.84 Å². The molecule has 0 bridgehead atoms. The first-order chi connectivity index (χ1) is 16.9. The van der Waals surface area contributed by atoms with E-state index in [0.29, 0.717) is 46.7 Å². The van der Waals surface area contributed by atoms with Gasteiger partial charge in [-0.1, -0.05) is 67.9 Å². The molecule has 0 aliphatic heterocycles. The molecule has 0 amide bonds. The Bertz CT molecular complexity index is 1290. The molecule has 2 aromatic carbocycles. The Balaban J connectivity index is 1.45. The van der Waals surface area contributed by atoms with Crippen LogP contribution in [0.25, 0.3) is 21.3 Å². The van der Waals surface area contributed by atoms with Gasteiger partial charge in [0, 0.05) is 29.1 Å². The lowest BCUT2D eigenvalue weighted by Crippen LogP contribution is -2.37. The van der Waals surface area contributed by atoms with E-state index in [1.165, 1.54) is 11.3 Å². The Morgan fingerprint density at radius 3 is 2.57 bits per heavy atom. The van der Waals surface area contributed by atoms with Gasteiger partial charge in [0.1, 0.15) is 10.7 Å². The maximum Gasteiger partial charge on any atom is 0.260 e. The summed E-state index contributed by atoms with van der Waals surface area (Å²) in [6.07, 6.45) is -0.647. The molecule has 0 saturated heterocycles. The van der Waals surface area contributed by atoms with Crippen molar-refractivity contribution in [2.45, 2.75) is 33.1 Å². The maximum absolute atomic E-state index is 13.0. The topological polar surface area (TPSA) is 78.5 Å². The van der Waals surface area contributed by atoms with E-state index in [1.807, 2.05) is 60.0 Å². The van der Waals surface area contributed by atoms with Crippen LogP contribution >= 0.6 is 22.9 Å². The van der Waals surface area contributed by atoms with Crippen molar-refractivity contribution in [3.05, 3.63) is 86.7 Å². The third-order valence-electron chi connectivity index (χ3n) is 5.54. The highest BCUT2D eigenvalue weighted by Gasteiger charge is 2.18. The zero-order chi connectivity index (χ0) is 24.8. The second-order valence-electron chi connectivity index (χ2n) is 9.09. The summed E-state index contributed by atoms with van der Waals surface area (Å²) in [7, 11) is 0. The van der Waals surface area contributed by atoms with Gasteiger partial charge in [0.25, 0.3) is 5.56 Å².